The van der Waals surface area contributed by atoms with Crippen LogP contribution in [0.15, 0.2) is 18.2 Å². The zero-order chi connectivity index (χ0) is 10.7. The van der Waals surface area contributed by atoms with Crippen LogP contribution in [0.3, 0.4) is 0 Å². The molecule has 78 valence electrons. The molecule has 0 bridgehead atoms. The van der Waals surface area contributed by atoms with Crippen LogP contribution in [0, 0.1) is 12.7 Å². The third-order valence-corrected chi connectivity index (χ3v) is 2.69. The minimum atomic E-state index is -0.130. The second-order valence-electron chi connectivity index (χ2n) is 3.98. The maximum Gasteiger partial charge on any atom is 0.123 e. The summed E-state index contributed by atoms with van der Waals surface area (Å²) < 4.78 is 13.1. The normalized spacial score (nSPS) is 15.2. The quantitative estimate of drug-likeness (QED) is 0.705. The smallest absolute Gasteiger partial charge is 0.123 e. The van der Waals surface area contributed by atoms with Gasteiger partial charge in [0.15, 0.2) is 0 Å². The van der Waals surface area contributed by atoms with Crippen LogP contribution in [0.25, 0.3) is 0 Å². The number of alkyl halides is 1. The zero-order valence-corrected chi connectivity index (χ0v) is 10.4. The van der Waals surface area contributed by atoms with E-state index < -0.39 is 0 Å². The maximum atomic E-state index is 13.1. The van der Waals surface area contributed by atoms with E-state index in [4.69, 9.17) is 0 Å². The second-order valence-corrected chi connectivity index (χ2v) is 5.54. The molecule has 0 N–H and O–H groups in total. The van der Waals surface area contributed by atoms with Crippen molar-refractivity contribution in [3.05, 3.63) is 35.1 Å². The minimum absolute atomic E-state index is 0.130. The molecule has 0 amide bonds. The molecule has 0 heterocycles. The topological polar surface area (TPSA) is 0 Å². The summed E-state index contributed by atoms with van der Waals surface area (Å²) in [6.07, 6.45) is 1.03. The molecule has 1 aromatic carbocycles. The van der Waals surface area contributed by atoms with E-state index >= 15 is 0 Å². The first-order valence-corrected chi connectivity index (χ1v) is 5.81. The van der Waals surface area contributed by atoms with Crippen molar-refractivity contribution in [1.82, 2.24) is 0 Å². The number of hydrogen-bond donors (Lipinski definition) is 0. The molecule has 0 aliphatic rings. The van der Waals surface area contributed by atoms with Crippen LogP contribution in [-0.4, -0.2) is 4.83 Å². The fraction of sp³-hybridized carbons (Fsp3) is 0.500. The molecule has 1 aromatic rings. The van der Waals surface area contributed by atoms with Gasteiger partial charge in [-0.25, -0.2) is 4.39 Å². The lowest BCUT2D eigenvalue weighted by molar-refractivity contribution is 0.614. The van der Waals surface area contributed by atoms with E-state index in [0.29, 0.717) is 10.7 Å². The SMILES string of the molecule is Cc1cc(F)cc(C(C)CC(C)Br)c1. The molecule has 1 rings (SSSR count). The lowest BCUT2D eigenvalue weighted by atomic mass is 9.95. The van der Waals surface area contributed by atoms with Gasteiger partial charge in [-0.15, -0.1) is 0 Å². The standard InChI is InChI=1S/C12H16BrF/c1-8-4-11(7-12(14)5-8)9(2)6-10(3)13/h4-5,7,9-10H,6H2,1-3H3. The Morgan fingerprint density at radius 1 is 1.29 bits per heavy atom. The molecule has 0 aliphatic heterocycles. The molecule has 0 saturated heterocycles. The highest BCUT2D eigenvalue weighted by Gasteiger charge is 2.09. The second kappa shape index (κ2) is 4.92. The van der Waals surface area contributed by atoms with Gasteiger partial charge < -0.3 is 0 Å². The Kier molecular flexibility index (Phi) is 4.11. The summed E-state index contributed by atoms with van der Waals surface area (Å²) in [5.41, 5.74) is 2.09. The summed E-state index contributed by atoms with van der Waals surface area (Å²) >= 11 is 3.52. The molecule has 0 fully saturated rings. The van der Waals surface area contributed by atoms with E-state index in [1.165, 1.54) is 0 Å². The zero-order valence-electron chi connectivity index (χ0n) is 8.85. The van der Waals surface area contributed by atoms with Crippen molar-refractivity contribution in [2.24, 2.45) is 0 Å². The number of aryl methyl sites for hydroxylation is 1. The molecule has 0 radical (unpaired) electrons. The van der Waals surface area contributed by atoms with E-state index in [2.05, 4.69) is 35.8 Å². The Morgan fingerprint density at radius 3 is 2.43 bits per heavy atom. The fourth-order valence-corrected chi connectivity index (χ4v) is 2.23. The summed E-state index contributed by atoms with van der Waals surface area (Å²) in [4.78, 5) is 0.473. The first kappa shape index (κ1) is 11.7. The van der Waals surface area contributed by atoms with Gasteiger partial charge >= 0.3 is 0 Å². The van der Waals surface area contributed by atoms with Crippen LogP contribution in [0.1, 0.15) is 37.3 Å². The number of rotatable bonds is 3. The predicted octanol–water partition coefficient (Wildman–Crippen LogP) is 4.41. The van der Waals surface area contributed by atoms with Gasteiger partial charge in [-0.05, 0) is 42.5 Å². The van der Waals surface area contributed by atoms with Gasteiger partial charge in [-0.2, -0.15) is 0 Å². The van der Waals surface area contributed by atoms with Gasteiger partial charge in [0.25, 0.3) is 0 Å². The van der Waals surface area contributed by atoms with Crippen LogP contribution in [0.4, 0.5) is 4.39 Å². The Balaban J connectivity index is 2.84. The van der Waals surface area contributed by atoms with Gasteiger partial charge in [0.2, 0.25) is 0 Å². The number of benzene rings is 1. The highest BCUT2D eigenvalue weighted by Crippen LogP contribution is 2.24. The van der Waals surface area contributed by atoms with Gasteiger partial charge in [-0.3, -0.25) is 0 Å². The third kappa shape index (κ3) is 3.41. The van der Waals surface area contributed by atoms with Crippen molar-refractivity contribution in [2.45, 2.75) is 37.9 Å². The molecule has 2 unspecified atom stereocenters. The monoisotopic (exact) mass is 258 g/mol. The Bertz CT molecular complexity index is 287. The average Bonchev–Trinajstić information content (AvgIpc) is 2.00. The van der Waals surface area contributed by atoms with Crippen molar-refractivity contribution in [3.63, 3.8) is 0 Å². The lowest BCUT2D eigenvalue weighted by Gasteiger charge is -2.14. The minimum Gasteiger partial charge on any atom is -0.207 e. The van der Waals surface area contributed by atoms with Crippen molar-refractivity contribution >= 4 is 15.9 Å². The molecule has 14 heavy (non-hydrogen) atoms. The molecule has 0 saturated carbocycles. The first-order chi connectivity index (χ1) is 6.49. The van der Waals surface area contributed by atoms with E-state index in [0.717, 1.165) is 17.5 Å². The van der Waals surface area contributed by atoms with E-state index in [1.54, 1.807) is 12.1 Å². The summed E-state index contributed by atoms with van der Waals surface area (Å²) in [7, 11) is 0. The third-order valence-electron chi connectivity index (χ3n) is 2.31. The lowest BCUT2D eigenvalue weighted by Crippen LogP contribution is -2.01. The predicted molar refractivity (Wildman–Crippen MR) is 62.6 cm³/mol. The Labute approximate surface area is 93.7 Å². The van der Waals surface area contributed by atoms with E-state index in [-0.39, 0.29) is 5.82 Å². The molecular formula is C12H16BrF. The molecule has 0 nitrogen and oxygen atoms in total. The molecular weight excluding hydrogens is 243 g/mol. The highest BCUT2D eigenvalue weighted by atomic mass is 79.9. The fourth-order valence-electron chi connectivity index (χ4n) is 1.67. The summed E-state index contributed by atoms with van der Waals surface area (Å²) in [6, 6.07) is 5.25. The summed E-state index contributed by atoms with van der Waals surface area (Å²) in [5, 5.41) is 0. The molecule has 0 spiro atoms. The molecule has 2 atom stereocenters. The van der Waals surface area contributed by atoms with Gasteiger partial charge in [0, 0.05) is 4.83 Å². The molecule has 0 aromatic heterocycles. The van der Waals surface area contributed by atoms with Crippen LogP contribution in [0.2, 0.25) is 0 Å². The van der Waals surface area contributed by atoms with Crippen molar-refractivity contribution in [2.75, 3.05) is 0 Å². The van der Waals surface area contributed by atoms with Crippen molar-refractivity contribution in [1.29, 1.82) is 0 Å². The van der Waals surface area contributed by atoms with Crippen LogP contribution >= 0.6 is 15.9 Å². The summed E-state index contributed by atoms with van der Waals surface area (Å²) in [5.74, 6) is 0.271. The molecule has 0 aliphatic carbocycles. The van der Waals surface area contributed by atoms with Gasteiger partial charge in [-0.1, -0.05) is 35.8 Å². The van der Waals surface area contributed by atoms with Gasteiger partial charge in [0.05, 0.1) is 0 Å². The van der Waals surface area contributed by atoms with Crippen molar-refractivity contribution < 1.29 is 4.39 Å². The molecule has 2 heteroatoms. The van der Waals surface area contributed by atoms with Crippen LogP contribution in [-0.2, 0) is 0 Å². The average molecular weight is 259 g/mol. The number of halogens is 2. The first-order valence-electron chi connectivity index (χ1n) is 4.90. The van der Waals surface area contributed by atoms with Crippen LogP contribution < -0.4 is 0 Å². The maximum absolute atomic E-state index is 13.1. The van der Waals surface area contributed by atoms with Crippen molar-refractivity contribution in [3.8, 4) is 0 Å². The van der Waals surface area contributed by atoms with E-state index in [1.807, 2.05) is 6.92 Å². The van der Waals surface area contributed by atoms with Crippen LogP contribution in [0.5, 0.6) is 0 Å². The van der Waals surface area contributed by atoms with Gasteiger partial charge in [0.1, 0.15) is 5.82 Å². The highest BCUT2D eigenvalue weighted by molar-refractivity contribution is 9.09. The Hall–Kier alpha value is -0.370. The summed E-state index contributed by atoms with van der Waals surface area (Å²) in [6.45, 7) is 6.17. The Morgan fingerprint density at radius 2 is 1.93 bits per heavy atom. The number of hydrogen-bond acceptors (Lipinski definition) is 0. The van der Waals surface area contributed by atoms with E-state index in [9.17, 15) is 4.39 Å². The largest absolute Gasteiger partial charge is 0.207 e.